The van der Waals surface area contributed by atoms with Crippen LogP contribution in [0.3, 0.4) is 0 Å². The lowest BCUT2D eigenvalue weighted by Crippen LogP contribution is -2.55. The number of phenols is 1. The monoisotopic (exact) mass is 381 g/mol. The van der Waals surface area contributed by atoms with E-state index in [4.69, 9.17) is 11.6 Å². The van der Waals surface area contributed by atoms with Crippen molar-refractivity contribution in [3.05, 3.63) is 76.3 Å². The molecule has 0 unspecified atom stereocenters. The first-order valence-electron chi connectivity index (χ1n) is 8.44. The molecule has 0 fully saturated rings. The Hall–Kier alpha value is -3.05. The van der Waals surface area contributed by atoms with Crippen LogP contribution in [0.15, 0.2) is 54.6 Å². The van der Waals surface area contributed by atoms with E-state index in [0.29, 0.717) is 15.8 Å². The fraction of sp³-hybridized carbons (Fsp3) is 0.143. The Labute approximate surface area is 160 Å². The number of amides is 1. The predicted molar refractivity (Wildman–Crippen MR) is 102 cm³/mol. The first-order valence-corrected chi connectivity index (χ1v) is 8.82. The van der Waals surface area contributed by atoms with Crippen molar-refractivity contribution in [3.8, 4) is 5.75 Å². The number of hydrogen-bond donors (Lipinski definition) is 3. The molecule has 1 amide bonds. The van der Waals surface area contributed by atoms with Gasteiger partial charge in [-0.3, -0.25) is 4.79 Å². The summed E-state index contributed by atoms with van der Waals surface area (Å²) in [6.07, 6.45) is 0.374. The number of carbonyl (C=O) groups is 2. The number of benzene rings is 3. The number of phenolic OH excluding ortho intramolecular Hbond substituents is 1. The Balaban J connectivity index is 1.73. The summed E-state index contributed by atoms with van der Waals surface area (Å²) in [6, 6.07) is 15.7. The third kappa shape index (κ3) is 2.80. The van der Waals surface area contributed by atoms with E-state index in [1.165, 1.54) is 6.07 Å². The van der Waals surface area contributed by atoms with Gasteiger partial charge in [-0.2, -0.15) is 0 Å². The van der Waals surface area contributed by atoms with Gasteiger partial charge in [-0.15, -0.1) is 0 Å². The molecule has 0 bridgehead atoms. The van der Waals surface area contributed by atoms with Crippen LogP contribution in [0.5, 0.6) is 5.75 Å². The van der Waals surface area contributed by atoms with Gasteiger partial charge < -0.3 is 15.5 Å². The maximum absolute atomic E-state index is 12.9. The number of carboxylic acid groups (broad SMARTS) is 1. The highest BCUT2D eigenvalue weighted by molar-refractivity contribution is 6.36. The van der Waals surface area contributed by atoms with Gasteiger partial charge in [-0.05, 0) is 17.2 Å². The highest BCUT2D eigenvalue weighted by Crippen LogP contribution is 2.36. The molecule has 3 N–H and O–H groups in total. The Morgan fingerprint density at radius 2 is 1.52 bits per heavy atom. The molecular formula is C21H16ClNO4. The molecule has 0 saturated heterocycles. The van der Waals surface area contributed by atoms with Gasteiger partial charge in [0.15, 0.2) is 0 Å². The van der Waals surface area contributed by atoms with Gasteiger partial charge in [0.1, 0.15) is 11.3 Å². The third-order valence-corrected chi connectivity index (χ3v) is 5.39. The lowest BCUT2D eigenvalue weighted by atomic mass is 9.94. The van der Waals surface area contributed by atoms with Crippen LogP contribution in [0.1, 0.15) is 21.5 Å². The summed E-state index contributed by atoms with van der Waals surface area (Å²) in [5.41, 5.74) is 0.280. The molecule has 0 aliphatic heterocycles. The number of rotatable bonds is 3. The molecule has 3 aromatic carbocycles. The second-order valence-corrected chi connectivity index (χ2v) is 7.17. The Kier molecular flexibility index (Phi) is 4.04. The Bertz CT molecular complexity index is 1070. The minimum atomic E-state index is -1.45. The van der Waals surface area contributed by atoms with Crippen LogP contribution >= 0.6 is 11.6 Å². The molecule has 5 nitrogen and oxygen atoms in total. The van der Waals surface area contributed by atoms with Crippen LogP contribution in [-0.2, 0) is 17.6 Å². The van der Waals surface area contributed by atoms with Gasteiger partial charge in [0, 0.05) is 28.6 Å². The van der Waals surface area contributed by atoms with Gasteiger partial charge in [-0.1, -0.05) is 60.1 Å². The molecule has 3 aromatic rings. The highest BCUT2D eigenvalue weighted by Gasteiger charge is 2.45. The van der Waals surface area contributed by atoms with Crippen molar-refractivity contribution in [2.75, 3.05) is 0 Å². The zero-order valence-corrected chi connectivity index (χ0v) is 15.0. The van der Waals surface area contributed by atoms with Crippen molar-refractivity contribution in [2.45, 2.75) is 18.4 Å². The van der Waals surface area contributed by atoms with E-state index in [0.717, 1.165) is 11.1 Å². The van der Waals surface area contributed by atoms with E-state index in [1.54, 1.807) is 24.3 Å². The minimum absolute atomic E-state index is 0.0460. The smallest absolute Gasteiger partial charge is 0.330 e. The molecule has 0 atom stereocenters. The number of aliphatic carboxylic acids is 1. The molecule has 4 rings (SSSR count). The summed E-state index contributed by atoms with van der Waals surface area (Å²) >= 11 is 6.26. The number of carbonyl (C=O) groups excluding carboxylic acids is 1. The zero-order chi connectivity index (χ0) is 19.2. The number of carboxylic acids is 1. The average molecular weight is 382 g/mol. The van der Waals surface area contributed by atoms with Crippen LogP contribution in [0, 0.1) is 0 Å². The van der Waals surface area contributed by atoms with E-state index in [9.17, 15) is 19.8 Å². The van der Waals surface area contributed by atoms with Crippen molar-refractivity contribution in [1.82, 2.24) is 5.32 Å². The number of aromatic hydroxyl groups is 1. The van der Waals surface area contributed by atoms with Crippen LogP contribution in [0.4, 0.5) is 0 Å². The summed E-state index contributed by atoms with van der Waals surface area (Å²) in [5, 5.41) is 24.4. The first kappa shape index (κ1) is 17.4. The van der Waals surface area contributed by atoms with Crippen LogP contribution in [0.2, 0.25) is 5.02 Å². The maximum atomic E-state index is 12.9. The molecule has 0 radical (unpaired) electrons. The normalized spacial score (nSPS) is 14.7. The van der Waals surface area contributed by atoms with Crippen LogP contribution in [-0.4, -0.2) is 27.6 Å². The topological polar surface area (TPSA) is 86.6 Å². The van der Waals surface area contributed by atoms with Crippen LogP contribution in [0.25, 0.3) is 10.8 Å². The molecule has 1 aliphatic rings. The largest absolute Gasteiger partial charge is 0.506 e. The molecule has 6 heteroatoms. The molecular weight excluding hydrogens is 366 g/mol. The minimum Gasteiger partial charge on any atom is -0.506 e. The van der Waals surface area contributed by atoms with Gasteiger partial charge in [0.25, 0.3) is 5.91 Å². The second-order valence-electron chi connectivity index (χ2n) is 6.76. The molecule has 1 aliphatic carbocycles. The van der Waals surface area contributed by atoms with Crippen molar-refractivity contribution in [1.29, 1.82) is 0 Å². The van der Waals surface area contributed by atoms with E-state index in [2.05, 4.69) is 5.32 Å². The summed E-state index contributed by atoms with van der Waals surface area (Å²) in [6.45, 7) is 0. The first-order chi connectivity index (χ1) is 12.9. The predicted octanol–water partition coefficient (Wildman–Crippen LogP) is 3.55. The van der Waals surface area contributed by atoms with E-state index >= 15 is 0 Å². The van der Waals surface area contributed by atoms with Gasteiger partial charge in [-0.25, -0.2) is 4.79 Å². The second kappa shape index (κ2) is 6.28. The van der Waals surface area contributed by atoms with Gasteiger partial charge in [0.2, 0.25) is 0 Å². The number of halogens is 1. The van der Waals surface area contributed by atoms with Crippen molar-refractivity contribution in [2.24, 2.45) is 0 Å². The molecule has 0 saturated carbocycles. The van der Waals surface area contributed by atoms with E-state index in [1.807, 2.05) is 24.3 Å². The summed E-state index contributed by atoms with van der Waals surface area (Å²) < 4.78 is 0. The average Bonchev–Trinajstić information content (AvgIpc) is 3.04. The third-order valence-electron chi connectivity index (χ3n) is 5.08. The van der Waals surface area contributed by atoms with Gasteiger partial charge in [0.05, 0.1) is 5.56 Å². The molecule has 0 spiro atoms. The standard InChI is InChI=1S/C21H16ClNO4/c22-17-9-16(18(24)15-8-4-3-7-14(15)17)19(25)23-21(20(26)27)10-12-5-1-2-6-13(12)11-21/h1-9,24H,10-11H2,(H,23,25)(H,26,27). The number of nitrogens with one attached hydrogen (secondary N) is 1. The molecule has 0 aromatic heterocycles. The fourth-order valence-corrected chi connectivity index (χ4v) is 3.96. The Morgan fingerprint density at radius 1 is 0.963 bits per heavy atom. The van der Waals surface area contributed by atoms with Crippen LogP contribution < -0.4 is 5.32 Å². The van der Waals surface area contributed by atoms with E-state index in [-0.39, 0.29) is 24.2 Å². The molecule has 136 valence electrons. The quantitative estimate of drug-likeness (QED) is 0.647. The number of fused-ring (bicyclic) bond motifs is 2. The lowest BCUT2D eigenvalue weighted by molar-refractivity contribution is -0.144. The number of hydrogen-bond acceptors (Lipinski definition) is 3. The summed E-state index contributed by atoms with van der Waals surface area (Å²) in [5.74, 6) is -2.00. The summed E-state index contributed by atoms with van der Waals surface area (Å²) in [7, 11) is 0. The summed E-state index contributed by atoms with van der Waals surface area (Å²) in [4.78, 5) is 24.9. The maximum Gasteiger partial charge on any atom is 0.330 e. The zero-order valence-electron chi connectivity index (χ0n) is 14.2. The molecule has 0 heterocycles. The van der Waals surface area contributed by atoms with Gasteiger partial charge >= 0.3 is 5.97 Å². The van der Waals surface area contributed by atoms with Crippen molar-refractivity contribution >= 4 is 34.2 Å². The van der Waals surface area contributed by atoms with E-state index < -0.39 is 17.4 Å². The SMILES string of the molecule is O=C(NC1(C(=O)O)Cc2ccccc2C1)c1cc(Cl)c2ccccc2c1O. The fourth-order valence-electron chi connectivity index (χ4n) is 3.68. The van der Waals surface area contributed by atoms with Crippen molar-refractivity contribution in [3.63, 3.8) is 0 Å². The Morgan fingerprint density at radius 3 is 2.11 bits per heavy atom. The van der Waals surface area contributed by atoms with Crippen molar-refractivity contribution < 1.29 is 19.8 Å². The lowest BCUT2D eigenvalue weighted by Gasteiger charge is -2.26. The molecule has 27 heavy (non-hydrogen) atoms. The highest BCUT2D eigenvalue weighted by atomic mass is 35.5.